The second-order valence-electron chi connectivity index (χ2n) is 6.95. The van der Waals surface area contributed by atoms with E-state index in [1.54, 1.807) is 12.4 Å². The monoisotopic (exact) mass is 351 g/mol. The highest BCUT2D eigenvalue weighted by molar-refractivity contribution is 5.92. The number of carbonyl (C=O) groups is 2. The maximum absolute atomic E-state index is 12.6. The zero-order valence-corrected chi connectivity index (χ0v) is 14.5. The van der Waals surface area contributed by atoms with E-state index in [-0.39, 0.29) is 17.4 Å². The standard InChI is InChI=1S/C19H21N5O2/c25-17-3-4-19(24(17)14-15-2-1-7-20-12-15)5-10-23(11-6-19)18(26)16-13-21-8-9-22-16/h1-2,7-9,12-13H,3-6,10-11,14H2. The lowest BCUT2D eigenvalue weighted by molar-refractivity contribution is -0.133. The fraction of sp³-hybridized carbons (Fsp3) is 0.421. The molecule has 0 radical (unpaired) electrons. The smallest absolute Gasteiger partial charge is 0.274 e. The molecule has 2 aliphatic heterocycles. The summed E-state index contributed by atoms with van der Waals surface area (Å²) in [6.07, 6.45) is 11.2. The first kappa shape index (κ1) is 16.6. The Morgan fingerprint density at radius 3 is 2.58 bits per heavy atom. The first-order chi connectivity index (χ1) is 12.7. The van der Waals surface area contributed by atoms with Crippen LogP contribution >= 0.6 is 0 Å². The minimum atomic E-state index is -0.147. The average molecular weight is 351 g/mol. The van der Waals surface area contributed by atoms with E-state index in [1.165, 1.54) is 12.4 Å². The van der Waals surface area contributed by atoms with Gasteiger partial charge in [0.05, 0.1) is 6.20 Å². The van der Waals surface area contributed by atoms with Crippen LogP contribution in [0.2, 0.25) is 0 Å². The number of likely N-dealkylation sites (tertiary alicyclic amines) is 2. The molecule has 0 bridgehead atoms. The molecule has 134 valence electrons. The lowest BCUT2D eigenvalue weighted by Gasteiger charge is -2.45. The van der Waals surface area contributed by atoms with Gasteiger partial charge in [-0.3, -0.25) is 19.6 Å². The fourth-order valence-electron chi connectivity index (χ4n) is 4.02. The molecule has 2 aromatic rings. The van der Waals surface area contributed by atoms with Gasteiger partial charge in [0.2, 0.25) is 5.91 Å². The van der Waals surface area contributed by atoms with Crippen molar-refractivity contribution in [3.05, 3.63) is 54.4 Å². The van der Waals surface area contributed by atoms with Crippen molar-refractivity contribution in [3.63, 3.8) is 0 Å². The number of piperidine rings is 1. The molecule has 0 aromatic carbocycles. The summed E-state index contributed by atoms with van der Waals surface area (Å²) < 4.78 is 0. The summed E-state index contributed by atoms with van der Waals surface area (Å²) in [6.45, 7) is 1.85. The minimum Gasteiger partial charge on any atom is -0.337 e. The Labute approximate surface area is 152 Å². The van der Waals surface area contributed by atoms with Crippen molar-refractivity contribution in [1.29, 1.82) is 0 Å². The highest BCUT2D eigenvalue weighted by Gasteiger charge is 2.47. The SMILES string of the molecule is O=C(c1cnccn1)N1CCC2(CCC(=O)N2Cc2cccnc2)CC1. The highest BCUT2D eigenvalue weighted by Crippen LogP contribution is 2.40. The topological polar surface area (TPSA) is 79.3 Å². The number of nitrogens with zero attached hydrogens (tertiary/aromatic N) is 5. The summed E-state index contributed by atoms with van der Waals surface area (Å²) in [4.78, 5) is 41.1. The summed E-state index contributed by atoms with van der Waals surface area (Å²) in [6, 6.07) is 3.89. The van der Waals surface area contributed by atoms with E-state index in [9.17, 15) is 9.59 Å². The van der Waals surface area contributed by atoms with Crippen molar-refractivity contribution in [2.45, 2.75) is 37.8 Å². The fourth-order valence-corrected chi connectivity index (χ4v) is 4.02. The van der Waals surface area contributed by atoms with Crippen molar-refractivity contribution in [2.24, 2.45) is 0 Å². The predicted molar refractivity (Wildman–Crippen MR) is 93.9 cm³/mol. The Kier molecular flexibility index (Phi) is 4.36. The number of aromatic nitrogens is 3. The van der Waals surface area contributed by atoms with Crippen molar-refractivity contribution < 1.29 is 9.59 Å². The van der Waals surface area contributed by atoms with Crippen molar-refractivity contribution in [3.8, 4) is 0 Å². The lowest BCUT2D eigenvalue weighted by atomic mass is 9.84. The molecule has 2 amide bonds. The Morgan fingerprint density at radius 1 is 1.08 bits per heavy atom. The zero-order valence-electron chi connectivity index (χ0n) is 14.5. The molecular weight excluding hydrogens is 330 g/mol. The second kappa shape index (κ2) is 6.82. The number of rotatable bonds is 3. The molecular formula is C19H21N5O2. The van der Waals surface area contributed by atoms with Gasteiger partial charge in [0.15, 0.2) is 0 Å². The molecule has 2 aromatic heterocycles. The van der Waals surface area contributed by atoms with Crippen LogP contribution in [0.3, 0.4) is 0 Å². The third-order valence-electron chi connectivity index (χ3n) is 5.50. The molecule has 4 rings (SSSR count). The first-order valence-electron chi connectivity index (χ1n) is 8.93. The molecule has 2 saturated heterocycles. The van der Waals surface area contributed by atoms with Crippen LogP contribution in [-0.4, -0.2) is 55.2 Å². The van der Waals surface area contributed by atoms with Gasteiger partial charge in [0.25, 0.3) is 5.91 Å². The summed E-state index contributed by atoms with van der Waals surface area (Å²) in [5, 5.41) is 0. The lowest BCUT2D eigenvalue weighted by Crippen LogP contribution is -2.53. The van der Waals surface area contributed by atoms with Crippen LogP contribution in [0.25, 0.3) is 0 Å². The van der Waals surface area contributed by atoms with Crippen LogP contribution in [0.5, 0.6) is 0 Å². The van der Waals surface area contributed by atoms with Crippen molar-refractivity contribution in [1.82, 2.24) is 24.8 Å². The molecule has 2 aliphatic rings. The van der Waals surface area contributed by atoms with Gasteiger partial charge in [-0.1, -0.05) is 6.07 Å². The Hall–Kier alpha value is -2.83. The van der Waals surface area contributed by atoms with Crippen LogP contribution in [0.4, 0.5) is 0 Å². The van der Waals surface area contributed by atoms with Gasteiger partial charge < -0.3 is 9.80 Å². The zero-order chi connectivity index (χ0) is 18.0. The maximum atomic E-state index is 12.6. The number of hydrogen-bond acceptors (Lipinski definition) is 5. The Morgan fingerprint density at radius 2 is 1.88 bits per heavy atom. The van der Waals surface area contributed by atoms with E-state index in [1.807, 2.05) is 28.1 Å². The van der Waals surface area contributed by atoms with E-state index in [0.29, 0.717) is 31.7 Å². The molecule has 2 fully saturated rings. The van der Waals surface area contributed by atoms with Crippen LogP contribution in [0.1, 0.15) is 41.7 Å². The molecule has 0 N–H and O–H groups in total. The molecule has 0 unspecified atom stereocenters. The molecule has 0 atom stereocenters. The molecule has 4 heterocycles. The quantitative estimate of drug-likeness (QED) is 0.840. The summed E-state index contributed by atoms with van der Waals surface area (Å²) in [5.41, 5.74) is 1.27. The number of hydrogen-bond donors (Lipinski definition) is 0. The summed E-state index contributed by atoms with van der Waals surface area (Å²) in [5.74, 6) is 0.110. The van der Waals surface area contributed by atoms with Crippen molar-refractivity contribution in [2.75, 3.05) is 13.1 Å². The number of amides is 2. The Bertz CT molecular complexity index is 788. The predicted octanol–water partition coefficient (Wildman–Crippen LogP) is 1.67. The number of carbonyl (C=O) groups excluding carboxylic acids is 2. The van der Waals surface area contributed by atoms with E-state index in [2.05, 4.69) is 15.0 Å². The molecule has 26 heavy (non-hydrogen) atoms. The summed E-state index contributed by atoms with van der Waals surface area (Å²) in [7, 11) is 0. The normalized spacial score (nSPS) is 19.2. The second-order valence-corrected chi connectivity index (χ2v) is 6.95. The van der Waals surface area contributed by atoms with Crippen LogP contribution in [-0.2, 0) is 11.3 Å². The third-order valence-corrected chi connectivity index (χ3v) is 5.50. The largest absolute Gasteiger partial charge is 0.337 e. The van der Waals surface area contributed by atoms with Gasteiger partial charge in [-0.05, 0) is 30.9 Å². The molecule has 1 spiro atoms. The first-order valence-corrected chi connectivity index (χ1v) is 8.93. The van der Waals surface area contributed by atoms with E-state index in [0.717, 1.165) is 24.8 Å². The van der Waals surface area contributed by atoms with E-state index in [4.69, 9.17) is 0 Å². The molecule has 7 heteroatoms. The minimum absolute atomic E-state index is 0.0870. The van der Waals surface area contributed by atoms with E-state index >= 15 is 0 Å². The maximum Gasteiger partial charge on any atom is 0.274 e. The van der Waals surface area contributed by atoms with Gasteiger partial charge in [-0.15, -0.1) is 0 Å². The van der Waals surface area contributed by atoms with Crippen LogP contribution in [0, 0.1) is 0 Å². The molecule has 0 saturated carbocycles. The van der Waals surface area contributed by atoms with Crippen LogP contribution in [0.15, 0.2) is 43.1 Å². The highest BCUT2D eigenvalue weighted by atomic mass is 16.2. The summed E-state index contributed by atoms with van der Waals surface area (Å²) >= 11 is 0. The van der Waals surface area contributed by atoms with Crippen molar-refractivity contribution >= 4 is 11.8 Å². The van der Waals surface area contributed by atoms with Gasteiger partial charge in [-0.2, -0.15) is 0 Å². The molecule has 7 nitrogen and oxygen atoms in total. The van der Waals surface area contributed by atoms with Gasteiger partial charge in [-0.25, -0.2) is 4.98 Å². The van der Waals surface area contributed by atoms with E-state index < -0.39 is 0 Å². The van der Waals surface area contributed by atoms with Gasteiger partial charge in [0, 0.05) is 56.4 Å². The van der Waals surface area contributed by atoms with Gasteiger partial charge in [0.1, 0.15) is 5.69 Å². The molecule has 0 aliphatic carbocycles. The number of pyridine rings is 1. The average Bonchev–Trinajstić information content (AvgIpc) is 2.99. The third kappa shape index (κ3) is 3.05. The Balaban J connectivity index is 1.46. The van der Waals surface area contributed by atoms with Crippen LogP contribution < -0.4 is 0 Å². The van der Waals surface area contributed by atoms with Gasteiger partial charge >= 0.3 is 0 Å².